The lowest BCUT2D eigenvalue weighted by atomic mass is 10.00. The molecule has 4 nitrogen and oxygen atoms in total. The Morgan fingerprint density at radius 1 is 1.47 bits per heavy atom. The summed E-state index contributed by atoms with van der Waals surface area (Å²) in [4.78, 5) is 14.6. The molecule has 1 aromatic carbocycles. The molecule has 4 heteroatoms. The Morgan fingerprint density at radius 3 is 2.95 bits per heavy atom. The largest absolute Gasteiger partial charge is 0.496 e. The Morgan fingerprint density at radius 2 is 2.26 bits per heavy atom. The number of ether oxygens (including phenoxy) is 1. The number of likely N-dealkylation sites (tertiary alicyclic amines) is 1. The molecule has 0 aliphatic carbocycles. The molecule has 2 rings (SSSR count). The van der Waals surface area contributed by atoms with Crippen LogP contribution in [0.15, 0.2) is 18.2 Å². The number of carbonyl (C=O) groups excluding carboxylic acids is 1. The standard InChI is InChI=1S/C15H22N2O2/c1-11-6-7-14(19-2)13(9-11)15(18)17-8-4-3-5-12(17)10-16/h6-7,9,12H,3-5,8,10,16H2,1-2H3. The summed E-state index contributed by atoms with van der Waals surface area (Å²) in [5.41, 5.74) is 7.49. The highest BCUT2D eigenvalue weighted by Crippen LogP contribution is 2.25. The maximum absolute atomic E-state index is 12.7. The van der Waals surface area contributed by atoms with Gasteiger partial charge in [-0.3, -0.25) is 4.79 Å². The molecule has 104 valence electrons. The van der Waals surface area contributed by atoms with Crippen molar-refractivity contribution in [2.45, 2.75) is 32.2 Å². The molecule has 1 aliphatic heterocycles. The number of rotatable bonds is 3. The van der Waals surface area contributed by atoms with Gasteiger partial charge in [-0.15, -0.1) is 0 Å². The summed E-state index contributed by atoms with van der Waals surface area (Å²) in [7, 11) is 1.60. The summed E-state index contributed by atoms with van der Waals surface area (Å²) in [5, 5.41) is 0. The highest BCUT2D eigenvalue weighted by molar-refractivity contribution is 5.97. The number of hydrogen-bond donors (Lipinski definition) is 1. The first-order valence-electron chi connectivity index (χ1n) is 6.83. The first kappa shape index (κ1) is 13.9. The normalized spacial score (nSPS) is 19.3. The second kappa shape index (κ2) is 6.06. The summed E-state index contributed by atoms with van der Waals surface area (Å²) in [6.45, 7) is 3.30. The molecular formula is C15H22N2O2. The van der Waals surface area contributed by atoms with Gasteiger partial charge in [-0.1, -0.05) is 11.6 Å². The number of aryl methyl sites for hydroxylation is 1. The smallest absolute Gasteiger partial charge is 0.257 e. The van der Waals surface area contributed by atoms with Crippen LogP contribution in [0.4, 0.5) is 0 Å². The van der Waals surface area contributed by atoms with Gasteiger partial charge >= 0.3 is 0 Å². The van der Waals surface area contributed by atoms with Crippen molar-refractivity contribution in [1.82, 2.24) is 4.90 Å². The molecule has 2 N–H and O–H groups in total. The molecule has 1 aromatic rings. The van der Waals surface area contributed by atoms with Crippen LogP contribution in [-0.2, 0) is 0 Å². The Labute approximate surface area is 114 Å². The lowest BCUT2D eigenvalue weighted by Gasteiger charge is -2.35. The van der Waals surface area contributed by atoms with Gasteiger partial charge in [0, 0.05) is 19.1 Å². The quantitative estimate of drug-likeness (QED) is 0.906. The molecule has 1 amide bonds. The second-order valence-electron chi connectivity index (χ2n) is 5.09. The van der Waals surface area contributed by atoms with E-state index >= 15 is 0 Å². The van der Waals surface area contributed by atoms with Crippen LogP contribution < -0.4 is 10.5 Å². The minimum atomic E-state index is 0.0377. The van der Waals surface area contributed by atoms with Crippen LogP contribution in [-0.4, -0.2) is 37.0 Å². The third-order valence-corrected chi connectivity index (χ3v) is 3.75. The first-order chi connectivity index (χ1) is 9.17. The molecule has 19 heavy (non-hydrogen) atoms. The van der Waals surface area contributed by atoms with E-state index in [1.165, 1.54) is 0 Å². The first-order valence-corrected chi connectivity index (χ1v) is 6.83. The maximum Gasteiger partial charge on any atom is 0.257 e. The topological polar surface area (TPSA) is 55.6 Å². The number of hydrogen-bond acceptors (Lipinski definition) is 3. The number of amides is 1. The third-order valence-electron chi connectivity index (χ3n) is 3.75. The lowest BCUT2D eigenvalue weighted by Crippen LogP contribution is -2.47. The number of nitrogens with zero attached hydrogens (tertiary/aromatic N) is 1. The van der Waals surface area contributed by atoms with Crippen molar-refractivity contribution in [3.63, 3.8) is 0 Å². The highest BCUT2D eigenvalue weighted by atomic mass is 16.5. The Bertz CT molecular complexity index is 459. The predicted molar refractivity (Wildman–Crippen MR) is 75.5 cm³/mol. The third kappa shape index (κ3) is 2.89. The van der Waals surface area contributed by atoms with Gasteiger partial charge in [0.05, 0.1) is 12.7 Å². The van der Waals surface area contributed by atoms with Crippen LogP contribution in [0.5, 0.6) is 5.75 Å². The van der Waals surface area contributed by atoms with Crippen LogP contribution in [0.2, 0.25) is 0 Å². The molecule has 1 atom stereocenters. The summed E-state index contributed by atoms with van der Waals surface area (Å²) in [5.74, 6) is 0.674. The van der Waals surface area contributed by atoms with Crippen molar-refractivity contribution in [3.8, 4) is 5.75 Å². The molecule has 1 aliphatic rings. The molecule has 0 aromatic heterocycles. The van der Waals surface area contributed by atoms with E-state index in [1.54, 1.807) is 7.11 Å². The van der Waals surface area contributed by atoms with Crippen molar-refractivity contribution < 1.29 is 9.53 Å². The van der Waals surface area contributed by atoms with Gasteiger partial charge in [-0.05, 0) is 38.3 Å². The summed E-state index contributed by atoms with van der Waals surface area (Å²) >= 11 is 0. The Kier molecular flexibility index (Phi) is 4.43. The van der Waals surface area contributed by atoms with Gasteiger partial charge < -0.3 is 15.4 Å². The molecule has 1 heterocycles. The lowest BCUT2D eigenvalue weighted by molar-refractivity contribution is 0.0620. The number of nitrogens with two attached hydrogens (primary N) is 1. The minimum Gasteiger partial charge on any atom is -0.496 e. The van der Waals surface area contributed by atoms with E-state index in [9.17, 15) is 4.79 Å². The van der Waals surface area contributed by atoms with E-state index < -0.39 is 0 Å². The van der Waals surface area contributed by atoms with Crippen LogP contribution in [0, 0.1) is 6.92 Å². The van der Waals surface area contributed by atoms with Crippen molar-refractivity contribution >= 4 is 5.91 Å². The second-order valence-corrected chi connectivity index (χ2v) is 5.09. The monoisotopic (exact) mass is 262 g/mol. The van der Waals surface area contributed by atoms with Gasteiger partial charge in [0.2, 0.25) is 0 Å². The number of carbonyl (C=O) groups is 1. The molecule has 0 radical (unpaired) electrons. The van der Waals surface area contributed by atoms with Crippen molar-refractivity contribution in [2.24, 2.45) is 5.73 Å². The minimum absolute atomic E-state index is 0.0377. The van der Waals surface area contributed by atoms with Gasteiger partial charge in [-0.2, -0.15) is 0 Å². The van der Waals surface area contributed by atoms with E-state index in [0.717, 1.165) is 31.4 Å². The zero-order chi connectivity index (χ0) is 13.8. The van der Waals surface area contributed by atoms with E-state index in [0.29, 0.717) is 17.9 Å². The fourth-order valence-corrected chi connectivity index (χ4v) is 2.66. The summed E-state index contributed by atoms with van der Waals surface area (Å²) in [6, 6.07) is 5.85. The molecule has 0 spiro atoms. The molecular weight excluding hydrogens is 240 g/mol. The average molecular weight is 262 g/mol. The number of benzene rings is 1. The fourth-order valence-electron chi connectivity index (χ4n) is 2.66. The summed E-state index contributed by atoms with van der Waals surface area (Å²) < 4.78 is 5.30. The molecule has 0 saturated carbocycles. The Balaban J connectivity index is 2.29. The van der Waals surface area contributed by atoms with E-state index in [2.05, 4.69) is 0 Å². The number of methoxy groups -OCH3 is 1. The fraction of sp³-hybridized carbons (Fsp3) is 0.533. The Hall–Kier alpha value is -1.55. The van der Waals surface area contributed by atoms with Gasteiger partial charge in [-0.25, -0.2) is 0 Å². The zero-order valence-corrected chi connectivity index (χ0v) is 11.7. The van der Waals surface area contributed by atoms with Gasteiger partial charge in [0.1, 0.15) is 5.75 Å². The molecule has 0 bridgehead atoms. The number of piperidine rings is 1. The molecule has 1 unspecified atom stereocenters. The SMILES string of the molecule is COc1ccc(C)cc1C(=O)N1CCCCC1CN. The van der Waals surface area contributed by atoms with E-state index in [1.807, 2.05) is 30.0 Å². The van der Waals surface area contributed by atoms with Crippen LogP contribution in [0.25, 0.3) is 0 Å². The van der Waals surface area contributed by atoms with Crippen LogP contribution in [0.3, 0.4) is 0 Å². The van der Waals surface area contributed by atoms with Crippen LogP contribution in [0.1, 0.15) is 35.2 Å². The van der Waals surface area contributed by atoms with Crippen molar-refractivity contribution in [1.29, 1.82) is 0 Å². The zero-order valence-electron chi connectivity index (χ0n) is 11.7. The predicted octanol–water partition coefficient (Wildman–Crippen LogP) is 1.96. The summed E-state index contributed by atoms with van der Waals surface area (Å²) in [6.07, 6.45) is 3.20. The van der Waals surface area contributed by atoms with Crippen molar-refractivity contribution in [3.05, 3.63) is 29.3 Å². The maximum atomic E-state index is 12.7. The average Bonchev–Trinajstić information content (AvgIpc) is 2.46. The molecule has 1 saturated heterocycles. The molecule has 1 fully saturated rings. The van der Waals surface area contributed by atoms with Crippen LogP contribution >= 0.6 is 0 Å². The van der Waals surface area contributed by atoms with Gasteiger partial charge in [0.15, 0.2) is 0 Å². The highest BCUT2D eigenvalue weighted by Gasteiger charge is 2.28. The van der Waals surface area contributed by atoms with Gasteiger partial charge in [0.25, 0.3) is 5.91 Å². The van der Waals surface area contributed by atoms with E-state index in [4.69, 9.17) is 10.5 Å². The van der Waals surface area contributed by atoms with E-state index in [-0.39, 0.29) is 11.9 Å². The van der Waals surface area contributed by atoms with Crippen molar-refractivity contribution in [2.75, 3.05) is 20.2 Å².